The number of nitrogen functional groups attached to an aromatic ring is 1. The van der Waals surface area contributed by atoms with Gasteiger partial charge in [-0.3, -0.25) is 0 Å². The summed E-state index contributed by atoms with van der Waals surface area (Å²) < 4.78 is 0.975. The van der Waals surface area contributed by atoms with E-state index < -0.39 is 0 Å². The maximum atomic E-state index is 5.71. The Morgan fingerprint density at radius 2 is 2.33 bits per heavy atom. The minimum absolute atomic E-state index is 0.584. The molecule has 0 aliphatic heterocycles. The fourth-order valence-electron chi connectivity index (χ4n) is 0.463. The highest BCUT2D eigenvalue weighted by Gasteiger charge is 1.94. The molecule has 0 aromatic heterocycles. The van der Waals surface area contributed by atoms with E-state index in [9.17, 15) is 0 Å². The molecule has 0 bridgehead atoms. The van der Waals surface area contributed by atoms with Crippen LogP contribution in [0.5, 0.6) is 0 Å². The Kier molecular flexibility index (Phi) is 2.18. The fourth-order valence-corrected chi connectivity index (χ4v) is 0.946. The van der Waals surface area contributed by atoms with Gasteiger partial charge in [-0.15, -0.1) is 0 Å². The van der Waals surface area contributed by atoms with Gasteiger partial charge in [0.15, 0.2) is 0 Å². The van der Waals surface area contributed by atoms with Crippen LogP contribution in [0, 0.1) is 9.64 Å². The summed E-state index contributed by atoms with van der Waals surface area (Å²) in [5.74, 6) is 0. The molecular formula is C6H4ClIN. The van der Waals surface area contributed by atoms with Crippen molar-refractivity contribution in [3.63, 3.8) is 0 Å². The lowest BCUT2D eigenvalue weighted by Crippen LogP contribution is -1.84. The van der Waals surface area contributed by atoms with Crippen LogP contribution in [0.15, 0.2) is 12.1 Å². The Labute approximate surface area is 72.3 Å². The van der Waals surface area contributed by atoms with E-state index in [1.165, 1.54) is 0 Å². The van der Waals surface area contributed by atoms with E-state index in [0.717, 1.165) is 3.57 Å². The Morgan fingerprint density at radius 3 is 2.78 bits per heavy atom. The van der Waals surface area contributed by atoms with E-state index in [0.29, 0.717) is 10.7 Å². The summed E-state index contributed by atoms with van der Waals surface area (Å²) in [5.41, 5.74) is 5.97. The molecule has 0 atom stereocenters. The van der Waals surface area contributed by atoms with Gasteiger partial charge in [-0.1, -0.05) is 11.6 Å². The van der Waals surface area contributed by atoms with Gasteiger partial charge in [-0.25, -0.2) is 0 Å². The third kappa shape index (κ3) is 1.72. The van der Waals surface area contributed by atoms with Crippen molar-refractivity contribution in [2.75, 3.05) is 5.73 Å². The second kappa shape index (κ2) is 2.75. The van der Waals surface area contributed by atoms with E-state index in [2.05, 4.69) is 28.7 Å². The topological polar surface area (TPSA) is 26.0 Å². The molecule has 1 rings (SSSR count). The lowest BCUT2D eigenvalue weighted by molar-refractivity contribution is 1.62. The normalized spacial score (nSPS) is 9.56. The minimum Gasteiger partial charge on any atom is -0.398 e. The standard InChI is InChI=1S/C6H4ClIN/c7-5-3-4(9)1-2-6(5)8/h2-3H,9H2. The molecule has 0 unspecified atom stereocenters. The van der Waals surface area contributed by atoms with Gasteiger partial charge in [0, 0.05) is 15.3 Å². The second-order valence-corrected chi connectivity index (χ2v) is 3.15. The molecule has 0 heterocycles. The number of halogens is 2. The predicted molar refractivity (Wildman–Crippen MR) is 47.4 cm³/mol. The summed E-state index contributed by atoms with van der Waals surface area (Å²) in [7, 11) is 0. The van der Waals surface area contributed by atoms with Gasteiger partial charge < -0.3 is 5.73 Å². The Morgan fingerprint density at radius 1 is 1.67 bits per heavy atom. The SMILES string of the molecule is Nc1[c]cc(I)c(Cl)c1. The zero-order chi connectivity index (χ0) is 6.85. The smallest absolute Gasteiger partial charge is 0.0560 e. The molecule has 0 aliphatic carbocycles. The first-order chi connectivity index (χ1) is 4.20. The lowest BCUT2D eigenvalue weighted by atomic mass is 10.3. The van der Waals surface area contributed by atoms with Crippen LogP contribution in [0.25, 0.3) is 0 Å². The number of anilines is 1. The largest absolute Gasteiger partial charge is 0.398 e. The molecule has 47 valence electrons. The lowest BCUT2D eigenvalue weighted by Gasteiger charge is -1.94. The molecule has 0 fully saturated rings. The third-order valence-corrected chi connectivity index (χ3v) is 2.40. The monoisotopic (exact) mass is 252 g/mol. The predicted octanol–water partition coefficient (Wildman–Crippen LogP) is 2.33. The van der Waals surface area contributed by atoms with Crippen molar-refractivity contribution in [2.24, 2.45) is 0 Å². The molecule has 0 spiro atoms. The van der Waals surface area contributed by atoms with Crippen LogP contribution in [-0.2, 0) is 0 Å². The van der Waals surface area contributed by atoms with Crippen molar-refractivity contribution >= 4 is 39.9 Å². The van der Waals surface area contributed by atoms with Crippen molar-refractivity contribution in [1.82, 2.24) is 0 Å². The van der Waals surface area contributed by atoms with Gasteiger partial charge in [0.05, 0.1) is 5.02 Å². The first-order valence-corrected chi connectivity index (χ1v) is 3.78. The molecule has 0 saturated heterocycles. The van der Waals surface area contributed by atoms with Gasteiger partial charge in [-0.05, 0) is 34.7 Å². The summed E-state index contributed by atoms with van der Waals surface area (Å²) in [6.45, 7) is 0. The highest BCUT2D eigenvalue weighted by atomic mass is 127. The number of nitrogens with two attached hydrogens (primary N) is 1. The number of hydrogen-bond donors (Lipinski definition) is 1. The first kappa shape index (κ1) is 7.15. The first-order valence-electron chi connectivity index (χ1n) is 2.32. The minimum atomic E-state index is 0.584. The van der Waals surface area contributed by atoms with Crippen molar-refractivity contribution in [3.05, 3.63) is 26.8 Å². The quantitative estimate of drug-likeness (QED) is 0.556. The van der Waals surface area contributed by atoms with Gasteiger partial charge in [0.1, 0.15) is 0 Å². The Bertz CT molecular complexity index is 224. The van der Waals surface area contributed by atoms with Crippen LogP contribution in [0.3, 0.4) is 0 Å². The number of hydrogen-bond acceptors (Lipinski definition) is 1. The summed E-state index contributed by atoms with van der Waals surface area (Å²) in [5, 5.41) is 0.687. The average Bonchev–Trinajstić information content (AvgIpc) is 1.80. The molecular weight excluding hydrogens is 248 g/mol. The van der Waals surface area contributed by atoms with E-state index in [4.69, 9.17) is 17.3 Å². The summed E-state index contributed by atoms with van der Waals surface area (Å²) in [4.78, 5) is 0. The van der Waals surface area contributed by atoms with Crippen LogP contribution in [-0.4, -0.2) is 0 Å². The molecule has 3 heteroatoms. The van der Waals surface area contributed by atoms with Crippen LogP contribution >= 0.6 is 34.2 Å². The second-order valence-electron chi connectivity index (χ2n) is 1.58. The van der Waals surface area contributed by atoms with Crippen LogP contribution in [0.1, 0.15) is 0 Å². The van der Waals surface area contributed by atoms with Crippen molar-refractivity contribution in [1.29, 1.82) is 0 Å². The molecule has 1 radical (unpaired) electrons. The van der Waals surface area contributed by atoms with E-state index in [1.807, 2.05) is 0 Å². The van der Waals surface area contributed by atoms with Gasteiger partial charge in [0.2, 0.25) is 0 Å². The van der Waals surface area contributed by atoms with Crippen molar-refractivity contribution in [2.45, 2.75) is 0 Å². The molecule has 9 heavy (non-hydrogen) atoms. The maximum Gasteiger partial charge on any atom is 0.0560 e. The number of rotatable bonds is 0. The van der Waals surface area contributed by atoms with Crippen LogP contribution < -0.4 is 5.73 Å². The van der Waals surface area contributed by atoms with Crippen LogP contribution in [0.2, 0.25) is 5.02 Å². The molecule has 1 aromatic rings. The third-order valence-electron chi connectivity index (χ3n) is 0.876. The molecule has 0 saturated carbocycles. The van der Waals surface area contributed by atoms with Crippen molar-refractivity contribution in [3.8, 4) is 0 Å². The van der Waals surface area contributed by atoms with E-state index >= 15 is 0 Å². The summed E-state index contributed by atoms with van der Waals surface area (Å²) >= 11 is 7.83. The highest BCUT2D eigenvalue weighted by molar-refractivity contribution is 14.1. The average molecular weight is 252 g/mol. The van der Waals surface area contributed by atoms with Crippen LogP contribution in [0.4, 0.5) is 5.69 Å². The fraction of sp³-hybridized carbons (Fsp3) is 0. The molecule has 1 nitrogen and oxygen atoms in total. The molecule has 2 N–H and O–H groups in total. The maximum absolute atomic E-state index is 5.71. The zero-order valence-corrected chi connectivity index (χ0v) is 7.40. The molecule has 1 aromatic carbocycles. The molecule has 0 aliphatic rings. The van der Waals surface area contributed by atoms with E-state index in [-0.39, 0.29) is 0 Å². The molecule has 0 amide bonds. The van der Waals surface area contributed by atoms with Gasteiger partial charge >= 0.3 is 0 Å². The Balaban J connectivity index is 3.17. The number of benzene rings is 1. The Hall–Kier alpha value is 0.0400. The summed E-state index contributed by atoms with van der Waals surface area (Å²) in [6.07, 6.45) is 0. The highest BCUT2D eigenvalue weighted by Crippen LogP contribution is 2.19. The summed E-state index contributed by atoms with van der Waals surface area (Å²) in [6, 6.07) is 6.27. The zero-order valence-electron chi connectivity index (χ0n) is 4.49. The van der Waals surface area contributed by atoms with E-state index in [1.54, 1.807) is 12.1 Å². The van der Waals surface area contributed by atoms with Gasteiger partial charge in [0.25, 0.3) is 0 Å². The van der Waals surface area contributed by atoms with Crippen molar-refractivity contribution < 1.29 is 0 Å². The van der Waals surface area contributed by atoms with Gasteiger partial charge in [-0.2, -0.15) is 0 Å².